The second-order valence-corrected chi connectivity index (χ2v) is 5.66. The van der Waals surface area contributed by atoms with Gasteiger partial charge in [-0.25, -0.2) is 4.68 Å². The van der Waals surface area contributed by atoms with Gasteiger partial charge in [-0.15, -0.1) is 0 Å². The molecule has 0 atom stereocenters. The third kappa shape index (κ3) is 3.08. The van der Waals surface area contributed by atoms with E-state index >= 15 is 0 Å². The summed E-state index contributed by atoms with van der Waals surface area (Å²) in [6.45, 7) is 2.06. The predicted octanol–water partition coefficient (Wildman–Crippen LogP) is 2.12. The number of aliphatic hydroxyl groups excluding tert-OH is 1. The van der Waals surface area contributed by atoms with E-state index < -0.39 is 0 Å². The van der Waals surface area contributed by atoms with Crippen molar-refractivity contribution in [2.24, 2.45) is 5.41 Å². The van der Waals surface area contributed by atoms with Crippen LogP contribution in [0.1, 0.15) is 25.0 Å². The van der Waals surface area contributed by atoms with Crippen LogP contribution in [0.4, 0.5) is 0 Å². The SMILES string of the molecule is OCCC1(CNCc2ccn(-c3ccccc3)n2)CC1. The Balaban J connectivity index is 1.53. The van der Waals surface area contributed by atoms with Crippen LogP contribution in [0.3, 0.4) is 0 Å². The molecule has 4 heteroatoms. The maximum absolute atomic E-state index is 9.04. The molecule has 106 valence electrons. The largest absolute Gasteiger partial charge is 0.396 e. The van der Waals surface area contributed by atoms with E-state index in [4.69, 9.17) is 5.11 Å². The van der Waals surface area contributed by atoms with E-state index in [1.807, 2.05) is 47.3 Å². The highest BCUT2D eigenvalue weighted by Crippen LogP contribution is 2.47. The average Bonchev–Trinajstić information content (AvgIpc) is 3.07. The lowest BCUT2D eigenvalue weighted by molar-refractivity contribution is 0.245. The monoisotopic (exact) mass is 271 g/mol. The van der Waals surface area contributed by atoms with Gasteiger partial charge in [0.1, 0.15) is 0 Å². The first-order valence-electron chi connectivity index (χ1n) is 7.23. The van der Waals surface area contributed by atoms with Crippen molar-refractivity contribution in [2.75, 3.05) is 13.2 Å². The zero-order valence-corrected chi connectivity index (χ0v) is 11.6. The molecule has 2 N–H and O–H groups in total. The van der Waals surface area contributed by atoms with Crippen molar-refractivity contribution in [1.82, 2.24) is 15.1 Å². The minimum Gasteiger partial charge on any atom is -0.396 e. The summed E-state index contributed by atoms with van der Waals surface area (Å²) < 4.78 is 1.90. The maximum atomic E-state index is 9.04. The number of benzene rings is 1. The molecule has 1 saturated carbocycles. The van der Waals surface area contributed by atoms with E-state index in [1.165, 1.54) is 12.8 Å². The van der Waals surface area contributed by atoms with Crippen LogP contribution in [0.5, 0.6) is 0 Å². The predicted molar refractivity (Wildman–Crippen MR) is 78.6 cm³/mol. The number of aliphatic hydroxyl groups is 1. The summed E-state index contributed by atoms with van der Waals surface area (Å²) in [5, 5.41) is 17.1. The Labute approximate surface area is 119 Å². The highest BCUT2D eigenvalue weighted by atomic mass is 16.3. The Hall–Kier alpha value is -1.65. The zero-order chi connectivity index (χ0) is 13.8. The van der Waals surface area contributed by atoms with Gasteiger partial charge < -0.3 is 10.4 Å². The van der Waals surface area contributed by atoms with Crippen LogP contribution in [0, 0.1) is 5.41 Å². The standard InChI is InChI=1S/C16H21N3O/c20-11-9-16(7-8-16)13-17-12-14-6-10-19(18-14)15-4-2-1-3-5-15/h1-6,10,17,20H,7-9,11-13H2. The Morgan fingerprint density at radius 1 is 1.20 bits per heavy atom. The first-order valence-corrected chi connectivity index (χ1v) is 7.23. The van der Waals surface area contributed by atoms with Gasteiger partial charge in [0.25, 0.3) is 0 Å². The first kappa shape index (κ1) is 13.3. The van der Waals surface area contributed by atoms with E-state index in [1.54, 1.807) is 0 Å². The van der Waals surface area contributed by atoms with Crippen molar-refractivity contribution in [3.8, 4) is 5.69 Å². The fourth-order valence-electron chi connectivity index (χ4n) is 2.57. The molecule has 1 aliphatic rings. The summed E-state index contributed by atoms with van der Waals surface area (Å²) in [6.07, 6.45) is 5.38. The Kier molecular flexibility index (Phi) is 3.85. The summed E-state index contributed by atoms with van der Waals surface area (Å²) >= 11 is 0. The molecule has 0 radical (unpaired) electrons. The molecule has 0 unspecified atom stereocenters. The Morgan fingerprint density at radius 3 is 2.70 bits per heavy atom. The molecule has 1 aromatic heterocycles. The topological polar surface area (TPSA) is 50.1 Å². The second kappa shape index (κ2) is 5.77. The molecule has 0 bridgehead atoms. The van der Waals surface area contributed by atoms with Crippen LogP contribution in [-0.4, -0.2) is 28.0 Å². The quantitative estimate of drug-likeness (QED) is 0.811. The van der Waals surface area contributed by atoms with Gasteiger partial charge in [-0.1, -0.05) is 18.2 Å². The van der Waals surface area contributed by atoms with Gasteiger partial charge in [0.05, 0.1) is 11.4 Å². The number of hydrogen-bond donors (Lipinski definition) is 2. The number of rotatable bonds is 7. The number of para-hydroxylation sites is 1. The van der Waals surface area contributed by atoms with Crippen LogP contribution < -0.4 is 5.32 Å². The molecule has 4 nitrogen and oxygen atoms in total. The number of aromatic nitrogens is 2. The molecule has 2 aromatic rings. The molecular formula is C16H21N3O. The van der Waals surface area contributed by atoms with Crippen molar-refractivity contribution in [3.05, 3.63) is 48.3 Å². The van der Waals surface area contributed by atoms with E-state index in [9.17, 15) is 0 Å². The van der Waals surface area contributed by atoms with Crippen molar-refractivity contribution in [2.45, 2.75) is 25.8 Å². The highest BCUT2D eigenvalue weighted by molar-refractivity contribution is 5.30. The number of nitrogens with one attached hydrogen (secondary N) is 1. The van der Waals surface area contributed by atoms with Gasteiger partial charge >= 0.3 is 0 Å². The smallest absolute Gasteiger partial charge is 0.0766 e. The average molecular weight is 271 g/mol. The van der Waals surface area contributed by atoms with Crippen molar-refractivity contribution >= 4 is 0 Å². The molecule has 20 heavy (non-hydrogen) atoms. The summed E-state index contributed by atoms with van der Waals surface area (Å²) in [5.41, 5.74) is 2.49. The molecular weight excluding hydrogens is 250 g/mol. The van der Waals surface area contributed by atoms with Crippen LogP contribution in [-0.2, 0) is 6.54 Å². The number of nitrogens with zero attached hydrogens (tertiary/aromatic N) is 2. The Bertz CT molecular complexity index is 546. The van der Waals surface area contributed by atoms with E-state index in [0.717, 1.165) is 30.9 Å². The molecule has 1 fully saturated rings. The van der Waals surface area contributed by atoms with Crippen molar-refractivity contribution in [1.29, 1.82) is 0 Å². The summed E-state index contributed by atoms with van der Waals surface area (Å²) in [4.78, 5) is 0. The minimum atomic E-state index is 0.296. The Morgan fingerprint density at radius 2 is 2.00 bits per heavy atom. The van der Waals surface area contributed by atoms with Gasteiger partial charge in [-0.2, -0.15) is 5.10 Å². The third-order valence-electron chi connectivity index (χ3n) is 4.07. The van der Waals surface area contributed by atoms with Gasteiger partial charge in [0.15, 0.2) is 0 Å². The molecule has 1 heterocycles. The van der Waals surface area contributed by atoms with Crippen molar-refractivity contribution < 1.29 is 5.11 Å². The molecule has 1 aromatic carbocycles. The van der Waals surface area contributed by atoms with Gasteiger partial charge in [0.2, 0.25) is 0 Å². The molecule has 0 saturated heterocycles. The fraction of sp³-hybridized carbons (Fsp3) is 0.438. The second-order valence-electron chi connectivity index (χ2n) is 5.66. The minimum absolute atomic E-state index is 0.296. The maximum Gasteiger partial charge on any atom is 0.0766 e. The van der Waals surface area contributed by atoms with Gasteiger partial charge in [-0.3, -0.25) is 0 Å². The van der Waals surface area contributed by atoms with Gasteiger partial charge in [0, 0.05) is 25.9 Å². The van der Waals surface area contributed by atoms with Crippen molar-refractivity contribution in [3.63, 3.8) is 0 Å². The molecule has 3 rings (SSSR count). The molecule has 0 aliphatic heterocycles. The lowest BCUT2D eigenvalue weighted by Crippen LogP contribution is -2.24. The lowest BCUT2D eigenvalue weighted by Gasteiger charge is -2.13. The van der Waals surface area contributed by atoms with Gasteiger partial charge in [-0.05, 0) is 42.9 Å². The van der Waals surface area contributed by atoms with Crippen LogP contribution in [0.2, 0.25) is 0 Å². The van der Waals surface area contributed by atoms with E-state index in [0.29, 0.717) is 12.0 Å². The van der Waals surface area contributed by atoms with E-state index in [2.05, 4.69) is 10.4 Å². The highest BCUT2D eigenvalue weighted by Gasteiger charge is 2.41. The summed E-state index contributed by atoms with van der Waals surface area (Å²) in [5.74, 6) is 0. The van der Waals surface area contributed by atoms with E-state index in [-0.39, 0.29) is 0 Å². The normalized spacial score (nSPS) is 16.2. The van der Waals surface area contributed by atoms with Crippen LogP contribution in [0.15, 0.2) is 42.6 Å². The molecule has 0 spiro atoms. The summed E-state index contributed by atoms with van der Waals surface area (Å²) in [7, 11) is 0. The molecule has 1 aliphatic carbocycles. The van der Waals surface area contributed by atoms with Crippen LogP contribution >= 0.6 is 0 Å². The summed E-state index contributed by atoms with van der Waals surface area (Å²) in [6, 6.07) is 12.2. The van der Waals surface area contributed by atoms with Crippen LogP contribution in [0.25, 0.3) is 5.69 Å². The first-order chi connectivity index (χ1) is 9.81. The number of hydrogen-bond acceptors (Lipinski definition) is 3. The third-order valence-corrected chi connectivity index (χ3v) is 4.07. The zero-order valence-electron chi connectivity index (χ0n) is 11.6. The molecule has 0 amide bonds. The fourth-order valence-corrected chi connectivity index (χ4v) is 2.57. The lowest BCUT2D eigenvalue weighted by atomic mass is 10.0.